The molecule has 2 rings (SSSR count). The maximum absolute atomic E-state index is 12.6. The molecule has 1 aromatic carbocycles. The van der Waals surface area contributed by atoms with Crippen LogP contribution in [0.5, 0.6) is 0 Å². The van der Waals surface area contributed by atoms with Crippen molar-refractivity contribution in [3.8, 4) is 0 Å². The maximum atomic E-state index is 12.6. The number of rotatable bonds is 3. The molecule has 0 unspecified atom stereocenters. The molecule has 70 valence electrons. The van der Waals surface area contributed by atoms with Gasteiger partial charge in [0.05, 0.1) is 0 Å². The molecule has 1 aromatic rings. The molecule has 1 aliphatic rings. The van der Waals surface area contributed by atoms with Crippen LogP contribution < -0.4 is 5.73 Å². The Morgan fingerprint density at radius 1 is 1.31 bits per heavy atom. The summed E-state index contributed by atoms with van der Waals surface area (Å²) in [7, 11) is 0. The number of halogens is 1. The largest absolute Gasteiger partial charge is 0.330 e. The smallest absolute Gasteiger partial charge is 0.115 e. The van der Waals surface area contributed by atoms with E-state index in [1.807, 2.05) is 24.3 Å². The fourth-order valence-electron chi connectivity index (χ4n) is 1.89. The lowest BCUT2D eigenvalue weighted by Crippen LogP contribution is -2.21. The molecule has 0 amide bonds. The van der Waals surface area contributed by atoms with Gasteiger partial charge >= 0.3 is 0 Å². The van der Waals surface area contributed by atoms with E-state index in [2.05, 4.69) is 0 Å². The van der Waals surface area contributed by atoms with E-state index >= 15 is 0 Å². The van der Waals surface area contributed by atoms with Crippen molar-refractivity contribution in [2.45, 2.75) is 24.9 Å². The van der Waals surface area contributed by atoms with E-state index in [1.165, 1.54) is 0 Å². The first-order valence-corrected chi connectivity index (χ1v) is 4.67. The summed E-state index contributed by atoms with van der Waals surface area (Å²) in [6.07, 6.45) is 2.22. The van der Waals surface area contributed by atoms with Crippen molar-refractivity contribution in [3.63, 3.8) is 0 Å². The second-order valence-corrected chi connectivity index (χ2v) is 3.78. The van der Waals surface area contributed by atoms with Gasteiger partial charge in [-0.2, -0.15) is 0 Å². The molecule has 0 spiro atoms. The summed E-state index contributed by atoms with van der Waals surface area (Å²) in [5.41, 5.74) is 7.75. The van der Waals surface area contributed by atoms with Gasteiger partial charge in [0.25, 0.3) is 0 Å². The summed E-state index contributed by atoms with van der Waals surface area (Å²) in [6, 6.07) is 7.70. The molecule has 0 heterocycles. The molecule has 2 heteroatoms. The topological polar surface area (TPSA) is 26.0 Å². The van der Waals surface area contributed by atoms with Gasteiger partial charge in [-0.15, -0.1) is 0 Å². The van der Waals surface area contributed by atoms with Gasteiger partial charge in [0, 0.05) is 12.0 Å². The minimum absolute atomic E-state index is 0.114. The maximum Gasteiger partial charge on any atom is 0.115 e. The highest BCUT2D eigenvalue weighted by Crippen LogP contribution is 2.48. The van der Waals surface area contributed by atoms with E-state index in [0.717, 1.165) is 24.0 Å². The van der Waals surface area contributed by atoms with Crippen LogP contribution in [0.15, 0.2) is 24.3 Å². The van der Waals surface area contributed by atoms with Gasteiger partial charge in [-0.1, -0.05) is 24.3 Å². The Balaban J connectivity index is 2.39. The second kappa shape index (κ2) is 3.11. The van der Waals surface area contributed by atoms with Gasteiger partial charge in [-0.3, -0.25) is 0 Å². The molecule has 1 saturated carbocycles. The lowest BCUT2D eigenvalue weighted by molar-refractivity contribution is 0.478. The molecule has 1 nitrogen and oxygen atoms in total. The Labute approximate surface area is 77.8 Å². The third kappa shape index (κ3) is 1.35. The van der Waals surface area contributed by atoms with Crippen molar-refractivity contribution in [3.05, 3.63) is 35.4 Å². The molecule has 0 aliphatic heterocycles. The van der Waals surface area contributed by atoms with E-state index < -0.39 is 0 Å². The molecule has 0 atom stereocenters. The minimum Gasteiger partial charge on any atom is -0.330 e. The van der Waals surface area contributed by atoms with Crippen LogP contribution in [-0.2, 0) is 12.1 Å². The summed E-state index contributed by atoms with van der Waals surface area (Å²) in [6.45, 7) is 0.266. The minimum atomic E-state index is -0.377. The van der Waals surface area contributed by atoms with E-state index in [0.29, 0.717) is 6.54 Å². The number of hydrogen-bond donors (Lipinski definition) is 1. The van der Waals surface area contributed by atoms with Crippen LogP contribution in [-0.4, -0.2) is 6.54 Å². The fraction of sp³-hybridized carbons (Fsp3) is 0.455. The van der Waals surface area contributed by atoms with Gasteiger partial charge in [-0.25, -0.2) is 4.39 Å². The summed E-state index contributed by atoms with van der Waals surface area (Å²) >= 11 is 0. The molecule has 0 aromatic heterocycles. The Hall–Kier alpha value is -0.890. The average Bonchev–Trinajstić information content (AvgIpc) is 2.98. The van der Waals surface area contributed by atoms with Crippen molar-refractivity contribution >= 4 is 0 Å². The highest BCUT2D eigenvalue weighted by Gasteiger charge is 2.43. The molecule has 0 bridgehead atoms. The average molecular weight is 179 g/mol. The molecular weight excluding hydrogens is 165 g/mol. The van der Waals surface area contributed by atoms with E-state index in [9.17, 15) is 4.39 Å². The molecule has 1 aliphatic carbocycles. The zero-order valence-corrected chi connectivity index (χ0v) is 7.59. The third-order valence-electron chi connectivity index (χ3n) is 2.98. The molecule has 1 fully saturated rings. The third-order valence-corrected chi connectivity index (χ3v) is 2.98. The van der Waals surface area contributed by atoms with E-state index in [-0.39, 0.29) is 12.1 Å². The fourth-order valence-corrected chi connectivity index (χ4v) is 1.89. The van der Waals surface area contributed by atoms with Crippen molar-refractivity contribution in [1.29, 1.82) is 0 Å². The molecule has 0 saturated heterocycles. The van der Waals surface area contributed by atoms with Crippen LogP contribution in [0.2, 0.25) is 0 Å². The van der Waals surface area contributed by atoms with Crippen LogP contribution in [0.25, 0.3) is 0 Å². The Morgan fingerprint density at radius 3 is 2.54 bits per heavy atom. The van der Waals surface area contributed by atoms with Crippen LogP contribution in [0, 0.1) is 0 Å². The number of alkyl halides is 1. The van der Waals surface area contributed by atoms with Crippen LogP contribution in [0.3, 0.4) is 0 Å². The monoisotopic (exact) mass is 179 g/mol. The quantitative estimate of drug-likeness (QED) is 0.756. The summed E-state index contributed by atoms with van der Waals surface area (Å²) < 4.78 is 12.6. The first-order valence-electron chi connectivity index (χ1n) is 4.67. The zero-order chi connectivity index (χ0) is 9.31. The second-order valence-electron chi connectivity index (χ2n) is 3.78. The first kappa shape index (κ1) is 8.70. The predicted molar refractivity (Wildman–Crippen MR) is 51.2 cm³/mol. The van der Waals surface area contributed by atoms with E-state index in [4.69, 9.17) is 5.73 Å². The molecular formula is C11H14FN. The standard InChI is InChI=1S/C11H14FN/c12-7-9-3-1-2-4-10(9)11(8-13)5-6-11/h1-4H,5-8,13H2. The van der Waals surface area contributed by atoms with Crippen LogP contribution >= 0.6 is 0 Å². The SMILES string of the molecule is NCC1(c2ccccc2CF)CC1. The lowest BCUT2D eigenvalue weighted by atomic mass is 9.92. The van der Waals surface area contributed by atoms with Crippen molar-refractivity contribution in [1.82, 2.24) is 0 Å². The normalized spacial score (nSPS) is 18.6. The molecule has 0 radical (unpaired) electrons. The number of nitrogens with two attached hydrogens (primary N) is 1. The van der Waals surface area contributed by atoms with Crippen molar-refractivity contribution < 1.29 is 4.39 Å². The van der Waals surface area contributed by atoms with Gasteiger partial charge in [-0.05, 0) is 24.0 Å². The van der Waals surface area contributed by atoms with Crippen molar-refractivity contribution in [2.24, 2.45) is 5.73 Å². The Kier molecular flexibility index (Phi) is 2.08. The number of benzene rings is 1. The molecule has 2 N–H and O–H groups in total. The molecule has 13 heavy (non-hydrogen) atoms. The predicted octanol–water partition coefficient (Wildman–Crippen LogP) is 2.15. The lowest BCUT2D eigenvalue weighted by Gasteiger charge is -2.15. The van der Waals surface area contributed by atoms with E-state index in [1.54, 1.807) is 0 Å². The van der Waals surface area contributed by atoms with Crippen molar-refractivity contribution in [2.75, 3.05) is 6.54 Å². The van der Waals surface area contributed by atoms with Gasteiger partial charge in [0.15, 0.2) is 0 Å². The summed E-state index contributed by atoms with van der Waals surface area (Å²) in [4.78, 5) is 0. The summed E-state index contributed by atoms with van der Waals surface area (Å²) in [5.74, 6) is 0. The van der Waals surface area contributed by atoms with Gasteiger partial charge in [0.2, 0.25) is 0 Å². The zero-order valence-electron chi connectivity index (χ0n) is 7.59. The van der Waals surface area contributed by atoms with Crippen LogP contribution in [0.1, 0.15) is 24.0 Å². The highest BCUT2D eigenvalue weighted by molar-refractivity contribution is 5.38. The van der Waals surface area contributed by atoms with Crippen LogP contribution in [0.4, 0.5) is 4.39 Å². The van der Waals surface area contributed by atoms with Gasteiger partial charge in [0.1, 0.15) is 6.67 Å². The first-order chi connectivity index (χ1) is 6.32. The van der Waals surface area contributed by atoms with Gasteiger partial charge < -0.3 is 5.73 Å². The highest BCUT2D eigenvalue weighted by atomic mass is 19.1. The Bertz CT molecular complexity index is 305. The summed E-state index contributed by atoms with van der Waals surface area (Å²) in [5, 5.41) is 0. The Morgan fingerprint density at radius 2 is 2.00 bits per heavy atom. The number of hydrogen-bond acceptors (Lipinski definition) is 1.